The maximum absolute atomic E-state index is 9.91. The highest BCUT2D eigenvalue weighted by Gasteiger charge is 2.22. The molecule has 0 aliphatic carbocycles. The van der Waals surface area contributed by atoms with Crippen LogP contribution in [0.1, 0.15) is 20.6 Å². The fraction of sp³-hybridized carbons (Fsp3) is 0. The average Bonchev–Trinajstić information content (AvgIpc) is 3.70. The quantitative estimate of drug-likeness (QED) is 0.175. The zero-order chi connectivity index (χ0) is 45.4. The smallest absolute Gasteiger partial charge is 0.143 e. The second-order valence-corrected chi connectivity index (χ2v) is 11.7. The van der Waals surface area contributed by atoms with Crippen molar-refractivity contribution in [1.82, 2.24) is 0 Å². The van der Waals surface area contributed by atoms with Crippen LogP contribution in [0.4, 0.5) is 0 Å². The Balaban J connectivity index is 1.31. The molecule has 1 aromatic heterocycles. The van der Waals surface area contributed by atoms with E-state index in [1.54, 1.807) is 24.3 Å². The molecule has 0 spiro atoms. The summed E-state index contributed by atoms with van der Waals surface area (Å²) in [4.78, 5) is 0. The Bertz CT molecular complexity index is 3610. The molecular formula is C48H30O. The first kappa shape index (κ1) is 16.6. The SMILES string of the molecule is [2H]c1c([2H])c([2H])c(-c2ccc(-c3c4ccccc4c(-c4cccc5oc6c7c([2H])c([2H])c([2H])c([2H])c7c(-c7c([2H])c([2H])c([2H])c([2H])c7[2H])c([2H])c6c45)c4ccccc34)cc2)c([2H])c1[2H]. The van der Waals surface area contributed by atoms with E-state index in [1.165, 1.54) is 0 Å². The van der Waals surface area contributed by atoms with Crippen LogP contribution in [0.25, 0.3) is 98.8 Å². The standard InChI is InChI=1S/C48H30O/c1-3-14-31(15-4-1)32-26-28-34(29-27-32)45-36-19-8-10-21-38(36)46(39-22-11-9-20-37(39)45)41-24-13-25-44-47(41)43-30-42(33-16-5-2-6-17-33)35-18-7-12-23-40(35)48(43)49-44/h1-30H/i1D,2D,3D,4D,5D,6D,7D,12D,14D,15D,16D,17D,18D,23D,30D. The van der Waals surface area contributed by atoms with Gasteiger partial charge >= 0.3 is 0 Å². The summed E-state index contributed by atoms with van der Waals surface area (Å²) in [5, 5.41) is 3.50. The molecule has 0 N–H and O–H groups in total. The van der Waals surface area contributed by atoms with Gasteiger partial charge in [-0.25, -0.2) is 0 Å². The second kappa shape index (κ2) is 11.1. The minimum atomic E-state index is -0.663. The predicted molar refractivity (Wildman–Crippen MR) is 208 cm³/mol. The lowest BCUT2D eigenvalue weighted by atomic mass is 9.84. The van der Waals surface area contributed by atoms with Gasteiger partial charge in [-0.05, 0) is 83.5 Å². The van der Waals surface area contributed by atoms with Crippen LogP contribution in [0.5, 0.6) is 0 Å². The van der Waals surface area contributed by atoms with Crippen LogP contribution >= 0.6 is 0 Å². The Morgan fingerprint density at radius 1 is 0.367 bits per heavy atom. The van der Waals surface area contributed by atoms with Crippen LogP contribution in [0.3, 0.4) is 0 Å². The van der Waals surface area contributed by atoms with E-state index in [1.807, 2.05) is 66.7 Å². The van der Waals surface area contributed by atoms with Crippen molar-refractivity contribution in [1.29, 1.82) is 0 Å². The van der Waals surface area contributed by atoms with Gasteiger partial charge in [0.1, 0.15) is 11.2 Å². The second-order valence-electron chi connectivity index (χ2n) is 11.7. The maximum atomic E-state index is 9.91. The zero-order valence-corrected chi connectivity index (χ0v) is 25.6. The molecule has 0 bridgehead atoms. The van der Waals surface area contributed by atoms with Crippen LogP contribution in [-0.4, -0.2) is 0 Å². The van der Waals surface area contributed by atoms with E-state index in [9.17, 15) is 1.37 Å². The van der Waals surface area contributed by atoms with Gasteiger partial charge in [-0.1, -0.05) is 170 Å². The van der Waals surface area contributed by atoms with Gasteiger partial charge < -0.3 is 4.42 Å². The maximum Gasteiger partial charge on any atom is 0.143 e. The zero-order valence-electron chi connectivity index (χ0n) is 40.6. The molecular weight excluding hydrogens is 593 g/mol. The number of rotatable bonds is 4. The fourth-order valence-corrected chi connectivity index (χ4v) is 7.00. The number of fused-ring (bicyclic) bond motifs is 7. The highest BCUT2D eigenvalue weighted by molar-refractivity contribution is 6.28. The third kappa shape index (κ3) is 4.33. The van der Waals surface area contributed by atoms with Crippen LogP contribution in [-0.2, 0) is 0 Å². The molecule has 0 unspecified atom stereocenters. The molecule has 1 heteroatoms. The summed E-state index contributed by atoms with van der Waals surface area (Å²) in [7, 11) is 0. The van der Waals surface area contributed by atoms with Crippen molar-refractivity contribution in [3.63, 3.8) is 0 Å². The van der Waals surface area contributed by atoms with Crippen molar-refractivity contribution in [3.05, 3.63) is 182 Å². The number of hydrogen-bond acceptors (Lipinski definition) is 1. The number of furan rings is 1. The highest BCUT2D eigenvalue weighted by Crippen LogP contribution is 2.48. The van der Waals surface area contributed by atoms with Crippen molar-refractivity contribution in [2.24, 2.45) is 0 Å². The predicted octanol–water partition coefficient (Wildman–Crippen LogP) is 13.7. The normalized spacial score (nSPS) is 16.0. The fourth-order valence-electron chi connectivity index (χ4n) is 7.00. The van der Waals surface area contributed by atoms with Crippen LogP contribution in [0.15, 0.2) is 186 Å². The molecule has 0 aliphatic heterocycles. The highest BCUT2D eigenvalue weighted by atomic mass is 16.3. The minimum absolute atomic E-state index is 0.0185. The molecule has 0 aliphatic rings. The third-order valence-electron chi connectivity index (χ3n) is 9.04. The summed E-state index contributed by atoms with van der Waals surface area (Å²) in [5.74, 6) is 0. The van der Waals surface area contributed by atoms with E-state index in [2.05, 4.69) is 0 Å². The molecule has 10 rings (SSSR count). The van der Waals surface area contributed by atoms with E-state index in [-0.39, 0.29) is 62.1 Å². The first-order chi connectivity index (χ1) is 30.6. The van der Waals surface area contributed by atoms with E-state index in [0.717, 1.165) is 38.2 Å². The van der Waals surface area contributed by atoms with Gasteiger partial charge in [0.25, 0.3) is 0 Å². The molecule has 228 valence electrons. The van der Waals surface area contributed by atoms with Crippen LogP contribution in [0, 0.1) is 0 Å². The van der Waals surface area contributed by atoms with Gasteiger partial charge in [-0.2, -0.15) is 0 Å². The van der Waals surface area contributed by atoms with E-state index >= 15 is 0 Å². The summed E-state index contributed by atoms with van der Waals surface area (Å²) in [5.41, 5.74) is 3.19. The average molecular weight is 638 g/mol. The molecule has 1 nitrogen and oxygen atoms in total. The van der Waals surface area contributed by atoms with Crippen molar-refractivity contribution in [3.8, 4) is 44.5 Å². The Morgan fingerprint density at radius 3 is 1.57 bits per heavy atom. The van der Waals surface area contributed by atoms with Gasteiger partial charge in [0, 0.05) is 16.2 Å². The third-order valence-corrected chi connectivity index (χ3v) is 9.04. The van der Waals surface area contributed by atoms with Gasteiger partial charge in [0.15, 0.2) is 0 Å². The van der Waals surface area contributed by atoms with Crippen LogP contribution in [0.2, 0.25) is 0 Å². The molecule has 0 saturated carbocycles. The Morgan fingerprint density at radius 2 is 0.918 bits per heavy atom. The summed E-state index contributed by atoms with van der Waals surface area (Å²) in [6, 6.07) is 20.3. The molecule has 1 heterocycles. The molecule has 0 amide bonds. The Labute approximate surface area is 305 Å². The summed E-state index contributed by atoms with van der Waals surface area (Å²) in [6.07, 6.45) is 0. The lowest BCUT2D eigenvalue weighted by Gasteiger charge is -2.18. The van der Waals surface area contributed by atoms with E-state index < -0.39 is 72.5 Å². The first-order valence-electron chi connectivity index (χ1n) is 23.1. The van der Waals surface area contributed by atoms with Gasteiger partial charge in [0.05, 0.1) is 20.6 Å². The summed E-state index contributed by atoms with van der Waals surface area (Å²) < 4.78 is 136. The van der Waals surface area contributed by atoms with Crippen molar-refractivity contribution in [2.45, 2.75) is 0 Å². The van der Waals surface area contributed by atoms with Crippen molar-refractivity contribution >= 4 is 54.3 Å². The number of benzene rings is 9. The van der Waals surface area contributed by atoms with Crippen LogP contribution < -0.4 is 0 Å². The van der Waals surface area contributed by atoms with Gasteiger partial charge in [-0.15, -0.1) is 0 Å². The monoisotopic (exact) mass is 637 g/mol. The lowest BCUT2D eigenvalue weighted by molar-refractivity contribution is 0.673. The van der Waals surface area contributed by atoms with Gasteiger partial charge in [-0.3, -0.25) is 0 Å². The lowest BCUT2D eigenvalue weighted by Crippen LogP contribution is -1.91. The number of hydrogen-bond donors (Lipinski definition) is 0. The molecule has 0 radical (unpaired) electrons. The van der Waals surface area contributed by atoms with E-state index in [0.29, 0.717) is 16.5 Å². The summed E-state index contributed by atoms with van der Waals surface area (Å²) in [6.45, 7) is 0. The molecule has 0 saturated heterocycles. The van der Waals surface area contributed by atoms with E-state index in [4.69, 9.17) is 23.6 Å². The molecule has 10 aromatic rings. The summed E-state index contributed by atoms with van der Waals surface area (Å²) >= 11 is 0. The Kier molecular flexibility index (Phi) is 3.75. The molecule has 9 aromatic carbocycles. The Hall–Kier alpha value is -6.44. The first-order valence-corrected chi connectivity index (χ1v) is 15.6. The molecule has 0 atom stereocenters. The van der Waals surface area contributed by atoms with Crippen molar-refractivity contribution < 1.29 is 25.0 Å². The van der Waals surface area contributed by atoms with Gasteiger partial charge in [0.2, 0.25) is 0 Å². The molecule has 0 fully saturated rings. The minimum Gasteiger partial charge on any atom is -0.455 e. The largest absolute Gasteiger partial charge is 0.455 e. The molecule has 49 heavy (non-hydrogen) atoms. The topological polar surface area (TPSA) is 13.1 Å². The van der Waals surface area contributed by atoms with Crippen molar-refractivity contribution in [2.75, 3.05) is 0 Å².